The van der Waals surface area contributed by atoms with E-state index in [2.05, 4.69) is 0 Å². The van der Waals surface area contributed by atoms with Gasteiger partial charge in [-0.2, -0.15) is 0 Å². The predicted molar refractivity (Wildman–Crippen MR) is 64.6 cm³/mol. The Hall–Kier alpha value is -1.33. The van der Waals surface area contributed by atoms with Crippen LogP contribution >= 0.6 is 0 Å². The van der Waals surface area contributed by atoms with Crippen molar-refractivity contribution < 1.29 is 13.9 Å². The van der Waals surface area contributed by atoms with Crippen LogP contribution in [0.2, 0.25) is 0 Å². The van der Waals surface area contributed by atoms with Gasteiger partial charge in [-0.05, 0) is 18.2 Å². The first-order chi connectivity index (χ1) is 8.15. The van der Waals surface area contributed by atoms with Crippen LogP contribution in [0.15, 0.2) is 18.2 Å². The molecular formula is C12H17FN2O2. The Morgan fingerprint density at radius 3 is 2.35 bits per heavy atom. The van der Waals surface area contributed by atoms with E-state index < -0.39 is 0 Å². The van der Waals surface area contributed by atoms with E-state index in [1.807, 2.05) is 4.90 Å². The van der Waals surface area contributed by atoms with Gasteiger partial charge in [0.1, 0.15) is 18.0 Å². The lowest BCUT2D eigenvalue weighted by atomic mass is 10.2. The highest BCUT2D eigenvalue weighted by atomic mass is 19.1. The number of halogens is 1. The highest BCUT2D eigenvalue weighted by Crippen LogP contribution is 2.29. The van der Waals surface area contributed by atoms with Gasteiger partial charge in [0, 0.05) is 27.3 Å². The summed E-state index contributed by atoms with van der Waals surface area (Å²) in [6, 6.07) is 4.38. The molecule has 1 fully saturated rings. The fourth-order valence-electron chi connectivity index (χ4n) is 2.18. The number of methoxy groups -OCH3 is 2. The van der Waals surface area contributed by atoms with E-state index in [9.17, 15) is 4.39 Å². The maximum atomic E-state index is 13.2. The summed E-state index contributed by atoms with van der Waals surface area (Å²) in [5.41, 5.74) is 7.12. The fraction of sp³-hybridized carbons (Fsp3) is 0.500. The molecule has 2 N–H and O–H groups in total. The number of nitrogens with zero attached hydrogens (tertiary/aromatic N) is 1. The van der Waals surface area contributed by atoms with Gasteiger partial charge in [-0.1, -0.05) is 0 Å². The molecule has 17 heavy (non-hydrogen) atoms. The van der Waals surface area contributed by atoms with E-state index in [0.29, 0.717) is 24.5 Å². The Kier molecular flexibility index (Phi) is 3.49. The third-order valence-electron chi connectivity index (χ3n) is 3.15. The molecule has 2 atom stereocenters. The minimum atomic E-state index is -0.288. The Balaban J connectivity index is 2.21. The molecule has 0 saturated carbocycles. The van der Waals surface area contributed by atoms with Crippen LogP contribution in [0.4, 0.5) is 15.8 Å². The predicted octanol–water partition coefficient (Wildman–Crippen LogP) is 1.26. The number of hydrogen-bond acceptors (Lipinski definition) is 4. The molecule has 0 amide bonds. The first-order valence-corrected chi connectivity index (χ1v) is 5.51. The molecular weight excluding hydrogens is 223 g/mol. The molecule has 1 heterocycles. The van der Waals surface area contributed by atoms with E-state index in [1.165, 1.54) is 12.1 Å². The summed E-state index contributed by atoms with van der Waals surface area (Å²) in [6.45, 7) is 1.31. The smallest absolute Gasteiger partial charge is 0.125 e. The fourth-order valence-corrected chi connectivity index (χ4v) is 2.18. The Labute approximate surface area is 100 Å². The summed E-state index contributed by atoms with van der Waals surface area (Å²) >= 11 is 0. The van der Waals surface area contributed by atoms with Crippen molar-refractivity contribution in [1.29, 1.82) is 0 Å². The second-order valence-electron chi connectivity index (χ2n) is 4.16. The zero-order valence-electron chi connectivity index (χ0n) is 10.0. The molecule has 1 aromatic carbocycles. The van der Waals surface area contributed by atoms with Crippen LogP contribution in [0.5, 0.6) is 0 Å². The number of nitrogen functional groups attached to an aromatic ring is 1. The molecule has 4 nitrogen and oxygen atoms in total. The van der Waals surface area contributed by atoms with Gasteiger partial charge in [-0.3, -0.25) is 0 Å². The summed E-state index contributed by atoms with van der Waals surface area (Å²) in [5.74, 6) is -0.288. The van der Waals surface area contributed by atoms with Crippen molar-refractivity contribution in [2.24, 2.45) is 0 Å². The molecule has 5 heteroatoms. The standard InChI is InChI=1S/C12H17FN2O2/c1-16-11-6-15(7-12(11)17-2)10-5-8(13)3-4-9(10)14/h3-5,11-12H,6-7,14H2,1-2H3. The number of benzene rings is 1. The van der Waals surface area contributed by atoms with Crippen molar-refractivity contribution in [1.82, 2.24) is 0 Å². The molecule has 0 bridgehead atoms. The molecule has 1 aliphatic rings. The van der Waals surface area contributed by atoms with Gasteiger partial charge < -0.3 is 20.1 Å². The van der Waals surface area contributed by atoms with Gasteiger partial charge in [0.15, 0.2) is 0 Å². The van der Waals surface area contributed by atoms with Gasteiger partial charge in [0.05, 0.1) is 11.4 Å². The third kappa shape index (κ3) is 2.35. The first-order valence-electron chi connectivity index (χ1n) is 5.51. The number of rotatable bonds is 3. The lowest BCUT2D eigenvalue weighted by Gasteiger charge is -2.20. The quantitative estimate of drug-likeness (QED) is 0.808. The lowest BCUT2D eigenvalue weighted by Crippen LogP contribution is -2.27. The SMILES string of the molecule is COC1CN(c2cc(F)ccc2N)CC1OC. The van der Waals surface area contributed by atoms with Crippen LogP contribution in [-0.2, 0) is 9.47 Å². The minimum Gasteiger partial charge on any atom is -0.397 e. The highest BCUT2D eigenvalue weighted by Gasteiger charge is 2.33. The van der Waals surface area contributed by atoms with Gasteiger partial charge in [-0.15, -0.1) is 0 Å². The summed E-state index contributed by atoms with van der Waals surface area (Å²) < 4.78 is 23.9. The number of anilines is 2. The average Bonchev–Trinajstić information content (AvgIpc) is 2.75. The summed E-state index contributed by atoms with van der Waals surface area (Å²) in [5, 5.41) is 0. The maximum Gasteiger partial charge on any atom is 0.125 e. The Morgan fingerprint density at radius 2 is 1.82 bits per heavy atom. The topological polar surface area (TPSA) is 47.7 Å². The van der Waals surface area contributed by atoms with Crippen molar-refractivity contribution in [3.8, 4) is 0 Å². The third-order valence-corrected chi connectivity index (χ3v) is 3.15. The number of hydrogen-bond donors (Lipinski definition) is 1. The second kappa shape index (κ2) is 4.89. The average molecular weight is 240 g/mol. The lowest BCUT2D eigenvalue weighted by molar-refractivity contribution is -0.00461. The van der Waals surface area contributed by atoms with Crippen LogP contribution in [0.25, 0.3) is 0 Å². The van der Waals surface area contributed by atoms with Crippen molar-refractivity contribution >= 4 is 11.4 Å². The van der Waals surface area contributed by atoms with Crippen molar-refractivity contribution in [2.45, 2.75) is 12.2 Å². The second-order valence-corrected chi connectivity index (χ2v) is 4.16. The van der Waals surface area contributed by atoms with Crippen LogP contribution in [0.3, 0.4) is 0 Å². The highest BCUT2D eigenvalue weighted by molar-refractivity contribution is 5.68. The minimum absolute atomic E-state index is 0.0114. The van der Waals surface area contributed by atoms with Gasteiger partial charge in [0.25, 0.3) is 0 Å². The normalized spacial score (nSPS) is 24.3. The van der Waals surface area contributed by atoms with E-state index in [1.54, 1.807) is 20.3 Å². The van der Waals surface area contributed by atoms with Gasteiger partial charge >= 0.3 is 0 Å². The Bertz CT molecular complexity index is 388. The monoisotopic (exact) mass is 240 g/mol. The van der Waals surface area contributed by atoms with Crippen LogP contribution in [-0.4, -0.2) is 39.5 Å². The van der Waals surface area contributed by atoms with Crippen LogP contribution in [0.1, 0.15) is 0 Å². The molecule has 0 aliphatic carbocycles. The molecule has 0 spiro atoms. The van der Waals surface area contributed by atoms with Crippen molar-refractivity contribution in [3.63, 3.8) is 0 Å². The summed E-state index contributed by atoms with van der Waals surface area (Å²) in [7, 11) is 3.30. The zero-order valence-corrected chi connectivity index (χ0v) is 10.0. The zero-order chi connectivity index (χ0) is 12.4. The van der Waals surface area contributed by atoms with Crippen LogP contribution < -0.4 is 10.6 Å². The van der Waals surface area contributed by atoms with Gasteiger partial charge in [-0.25, -0.2) is 4.39 Å². The summed E-state index contributed by atoms with van der Waals surface area (Å²) in [4.78, 5) is 1.99. The molecule has 0 aromatic heterocycles. The van der Waals surface area contributed by atoms with E-state index >= 15 is 0 Å². The molecule has 2 rings (SSSR count). The molecule has 94 valence electrons. The molecule has 1 saturated heterocycles. The molecule has 2 unspecified atom stereocenters. The molecule has 0 radical (unpaired) electrons. The maximum absolute atomic E-state index is 13.2. The molecule has 1 aliphatic heterocycles. The molecule has 1 aromatic rings. The van der Waals surface area contributed by atoms with Crippen LogP contribution in [0, 0.1) is 5.82 Å². The number of ether oxygens (including phenoxy) is 2. The van der Waals surface area contributed by atoms with Gasteiger partial charge in [0.2, 0.25) is 0 Å². The van der Waals surface area contributed by atoms with E-state index in [-0.39, 0.29) is 18.0 Å². The first kappa shape index (κ1) is 12.1. The van der Waals surface area contributed by atoms with E-state index in [4.69, 9.17) is 15.2 Å². The Morgan fingerprint density at radius 1 is 1.24 bits per heavy atom. The van der Waals surface area contributed by atoms with Crippen molar-refractivity contribution in [3.05, 3.63) is 24.0 Å². The largest absolute Gasteiger partial charge is 0.397 e. The van der Waals surface area contributed by atoms with Crippen molar-refractivity contribution in [2.75, 3.05) is 37.9 Å². The number of nitrogens with two attached hydrogens (primary N) is 1. The summed E-state index contributed by atoms with van der Waals surface area (Å²) in [6.07, 6.45) is -0.0228. The van der Waals surface area contributed by atoms with E-state index in [0.717, 1.165) is 0 Å².